The maximum absolute atomic E-state index is 13.3. The number of carbonyl (C=O) groups is 1. The monoisotopic (exact) mass is 387 g/mol. The van der Waals surface area contributed by atoms with Gasteiger partial charge in [-0.15, -0.1) is 0 Å². The molecule has 0 radical (unpaired) electrons. The minimum atomic E-state index is -0.178. The van der Waals surface area contributed by atoms with Crippen LogP contribution in [0.25, 0.3) is 10.8 Å². The summed E-state index contributed by atoms with van der Waals surface area (Å²) in [4.78, 5) is 27.4. The van der Waals surface area contributed by atoms with Crippen LogP contribution in [-0.4, -0.2) is 15.7 Å². The highest BCUT2D eigenvalue weighted by Crippen LogP contribution is 2.21. The maximum atomic E-state index is 13.3. The van der Waals surface area contributed by atoms with Gasteiger partial charge in [-0.25, -0.2) is 4.68 Å². The Morgan fingerprint density at radius 3 is 2.45 bits per heavy atom. The smallest absolute Gasteiger partial charge is 0.274 e. The number of rotatable bonds is 5. The maximum Gasteiger partial charge on any atom is 0.274 e. The lowest BCUT2D eigenvalue weighted by molar-refractivity contribution is -0.118. The minimum Gasteiger partial charge on any atom is -0.467 e. The standard InChI is InChI=1S/C23H21N3O3/c1-16-9-11-17(12-10-16)26(15-18-6-5-13-29-18)22(27)14-21-19-7-3-4-8-20(19)23(28)25(2)24-21/h3-13H,14-15H2,1-2H3. The molecule has 0 spiro atoms. The lowest BCUT2D eigenvalue weighted by atomic mass is 10.1. The van der Waals surface area contributed by atoms with Crippen LogP contribution < -0.4 is 10.5 Å². The van der Waals surface area contributed by atoms with E-state index in [0.717, 1.165) is 11.3 Å². The van der Waals surface area contributed by atoms with E-state index in [9.17, 15) is 9.59 Å². The zero-order valence-electron chi connectivity index (χ0n) is 16.3. The van der Waals surface area contributed by atoms with Crippen molar-refractivity contribution < 1.29 is 9.21 Å². The summed E-state index contributed by atoms with van der Waals surface area (Å²) < 4.78 is 6.75. The Morgan fingerprint density at radius 2 is 1.76 bits per heavy atom. The zero-order valence-corrected chi connectivity index (χ0v) is 16.3. The molecule has 2 aromatic heterocycles. The van der Waals surface area contributed by atoms with Gasteiger partial charge < -0.3 is 9.32 Å². The number of hydrogen-bond donors (Lipinski definition) is 0. The molecular weight excluding hydrogens is 366 g/mol. The van der Waals surface area contributed by atoms with E-state index in [-0.39, 0.29) is 17.9 Å². The van der Waals surface area contributed by atoms with E-state index in [2.05, 4.69) is 5.10 Å². The molecule has 6 nitrogen and oxygen atoms in total. The van der Waals surface area contributed by atoms with Gasteiger partial charge in [0.15, 0.2) is 0 Å². The van der Waals surface area contributed by atoms with Crippen molar-refractivity contribution in [1.82, 2.24) is 9.78 Å². The van der Waals surface area contributed by atoms with Gasteiger partial charge >= 0.3 is 0 Å². The summed E-state index contributed by atoms with van der Waals surface area (Å²) in [6.07, 6.45) is 1.67. The summed E-state index contributed by atoms with van der Waals surface area (Å²) >= 11 is 0. The molecule has 0 aliphatic rings. The normalized spacial score (nSPS) is 11.0. The lowest BCUT2D eigenvalue weighted by Gasteiger charge is -2.22. The molecule has 29 heavy (non-hydrogen) atoms. The first-order valence-corrected chi connectivity index (χ1v) is 9.37. The molecule has 0 bridgehead atoms. The molecule has 0 aliphatic carbocycles. The van der Waals surface area contributed by atoms with Gasteiger partial charge in [0.05, 0.1) is 30.3 Å². The molecule has 0 atom stereocenters. The van der Waals surface area contributed by atoms with Crippen LogP contribution in [0.5, 0.6) is 0 Å². The van der Waals surface area contributed by atoms with Gasteiger partial charge in [0.25, 0.3) is 5.56 Å². The Bertz CT molecular complexity index is 1210. The number of hydrogen-bond acceptors (Lipinski definition) is 4. The van der Waals surface area contributed by atoms with Crippen LogP contribution >= 0.6 is 0 Å². The van der Waals surface area contributed by atoms with Gasteiger partial charge in [-0.05, 0) is 37.3 Å². The van der Waals surface area contributed by atoms with Gasteiger partial charge in [-0.3, -0.25) is 9.59 Å². The van der Waals surface area contributed by atoms with Crippen LogP contribution in [0.1, 0.15) is 17.0 Å². The number of benzene rings is 2. The van der Waals surface area contributed by atoms with Gasteiger partial charge in [0.1, 0.15) is 5.76 Å². The number of aromatic nitrogens is 2. The highest BCUT2D eigenvalue weighted by atomic mass is 16.3. The Kier molecular flexibility index (Phi) is 4.99. The molecule has 0 saturated carbocycles. The van der Waals surface area contributed by atoms with Crippen molar-refractivity contribution in [3.05, 3.63) is 94.3 Å². The van der Waals surface area contributed by atoms with Crippen molar-refractivity contribution in [3.8, 4) is 0 Å². The fourth-order valence-electron chi connectivity index (χ4n) is 3.35. The topological polar surface area (TPSA) is 68.3 Å². The summed E-state index contributed by atoms with van der Waals surface area (Å²) in [5.41, 5.74) is 2.29. The third kappa shape index (κ3) is 3.82. The molecule has 0 aliphatic heterocycles. The van der Waals surface area contributed by atoms with E-state index in [0.29, 0.717) is 28.8 Å². The Hall–Kier alpha value is -3.67. The Balaban J connectivity index is 1.72. The van der Waals surface area contributed by atoms with Crippen LogP contribution in [0, 0.1) is 6.92 Å². The van der Waals surface area contributed by atoms with Gasteiger partial charge in [0, 0.05) is 18.1 Å². The first-order chi connectivity index (χ1) is 14.0. The molecule has 2 aromatic carbocycles. The van der Waals surface area contributed by atoms with Crippen LogP contribution in [0.15, 0.2) is 76.1 Å². The number of aryl methyl sites for hydroxylation is 2. The molecule has 0 saturated heterocycles. The lowest BCUT2D eigenvalue weighted by Crippen LogP contribution is -2.33. The van der Waals surface area contributed by atoms with Crippen molar-refractivity contribution in [1.29, 1.82) is 0 Å². The number of furan rings is 1. The van der Waals surface area contributed by atoms with E-state index in [1.807, 2.05) is 55.5 Å². The fraction of sp³-hybridized carbons (Fsp3) is 0.174. The third-order valence-electron chi connectivity index (χ3n) is 4.89. The van der Waals surface area contributed by atoms with Gasteiger partial charge in [-0.1, -0.05) is 35.9 Å². The number of amides is 1. The van der Waals surface area contributed by atoms with Gasteiger partial charge in [0.2, 0.25) is 5.91 Å². The van der Waals surface area contributed by atoms with Gasteiger partial charge in [-0.2, -0.15) is 5.10 Å². The largest absolute Gasteiger partial charge is 0.467 e. The average molecular weight is 387 g/mol. The molecule has 0 N–H and O–H groups in total. The van der Waals surface area contributed by atoms with Crippen molar-refractivity contribution in [2.45, 2.75) is 19.9 Å². The number of nitrogens with zero attached hydrogens (tertiary/aromatic N) is 3. The second-order valence-electron chi connectivity index (χ2n) is 6.99. The molecule has 2 heterocycles. The summed E-state index contributed by atoms with van der Waals surface area (Å²) in [6.45, 7) is 2.32. The van der Waals surface area contributed by atoms with Crippen LogP contribution in [0.2, 0.25) is 0 Å². The molecule has 4 aromatic rings. The number of fused-ring (bicyclic) bond motifs is 1. The molecule has 4 rings (SSSR count). The van der Waals surface area contributed by atoms with E-state index in [1.54, 1.807) is 30.3 Å². The summed E-state index contributed by atoms with van der Waals surface area (Å²) in [5, 5.41) is 5.62. The van der Waals surface area contributed by atoms with E-state index in [1.165, 1.54) is 4.68 Å². The summed E-state index contributed by atoms with van der Waals surface area (Å²) in [5.74, 6) is 0.568. The fourth-order valence-corrected chi connectivity index (χ4v) is 3.35. The molecule has 0 unspecified atom stereocenters. The van der Waals surface area contributed by atoms with Crippen LogP contribution in [-0.2, 0) is 24.8 Å². The SMILES string of the molecule is Cc1ccc(N(Cc2ccco2)C(=O)Cc2nn(C)c(=O)c3ccccc23)cc1. The predicted octanol–water partition coefficient (Wildman–Crippen LogP) is 3.61. The highest BCUT2D eigenvalue weighted by molar-refractivity contribution is 5.97. The molecule has 1 amide bonds. The first-order valence-electron chi connectivity index (χ1n) is 9.37. The quantitative estimate of drug-likeness (QED) is 0.525. The van der Waals surface area contributed by atoms with E-state index in [4.69, 9.17) is 4.42 Å². The van der Waals surface area contributed by atoms with Crippen molar-refractivity contribution >= 4 is 22.4 Å². The molecule has 0 fully saturated rings. The molecule has 146 valence electrons. The number of carbonyl (C=O) groups excluding carboxylic acids is 1. The predicted molar refractivity (Wildman–Crippen MR) is 112 cm³/mol. The molecule has 6 heteroatoms. The van der Waals surface area contributed by atoms with Crippen LogP contribution in [0.3, 0.4) is 0 Å². The first kappa shape index (κ1) is 18.7. The van der Waals surface area contributed by atoms with Crippen molar-refractivity contribution in [2.24, 2.45) is 7.05 Å². The second-order valence-corrected chi connectivity index (χ2v) is 6.99. The Morgan fingerprint density at radius 1 is 1.03 bits per heavy atom. The zero-order chi connectivity index (χ0) is 20.4. The Labute approximate surface area is 168 Å². The highest BCUT2D eigenvalue weighted by Gasteiger charge is 2.20. The van der Waals surface area contributed by atoms with Crippen LogP contribution in [0.4, 0.5) is 5.69 Å². The molecular formula is C23H21N3O3. The third-order valence-corrected chi connectivity index (χ3v) is 4.89. The summed E-state index contributed by atoms with van der Waals surface area (Å²) in [6, 6.07) is 18.7. The second kappa shape index (κ2) is 7.75. The van der Waals surface area contributed by atoms with E-state index < -0.39 is 0 Å². The average Bonchev–Trinajstić information content (AvgIpc) is 3.24. The minimum absolute atomic E-state index is 0.0726. The summed E-state index contributed by atoms with van der Waals surface area (Å²) in [7, 11) is 1.60. The van der Waals surface area contributed by atoms with Crippen molar-refractivity contribution in [3.63, 3.8) is 0 Å². The van der Waals surface area contributed by atoms with Crippen molar-refractivity contribution in [2.75, 3.05) is 4.90 Å². The van der Waals surface area contributed by atoms with E-state index >= 15 is 0 Å². The number of anilines is 1.